The largest absolute Gasteiger partial charge is 0.368 e. The molecule has 1 heterocycles. The van der Waals surface area contributed by atoms with Gasteiger partial charge in [0.1, 0.15) is 12.1 Å². The fourth-order valence-corrected chi connectivity index (χ4v) is 1.98. The van der Waals surface area contributed by atoms with Crippen LogP contribution < -0.4 is 16.8 Å². The molecule has 1 saturated heterocycles. The van der Waals surface area contributed by atoms with Gasteiger partial charge in [0.2, 0.25) is 17.7 Å². The van der Waals surface area contributed by atoms with E-state index in [1.165, 1.54) is 11.8 Å². The molecule has 18 heavy (non-hydrogen) atoms. The highest BCUT2D eigenvalue weighted by Crippen LogP contribution is 2.17. The maximum absolute atomic E-state index is 12.1. The molecule has 3 atom stereocenters. The van der Waals surface area contributed by atoms with E-state index in [1.807, 2.05) is 0 Å². The van der Waals surface area contributed by atoms with Crippen LogP contribution in [0.2, 0.25) is 0 Å². The van der Waals surface area contributed by atoms with Gasteiger partial charge in [0.05, 0.1) is 6.04 Å². The quantitative estimate of drug-likeness (QED) is 0.556. The van der Waals surface area contributed by atoms with E-state index in [-0.39, 0.29) is 5.91 Å². The van der Waals surface area contributed by atoms with Gasteiger partial charge in [-0.25, -0.2) is 0 Å². The van der Waals surface area contributed by atoms with Crippen LogP contribution in [0.3, 0.4) is 0 Å². The average Bonchev–Trinajstić information content (AvgIpc) is 2.76. The second kappa shape index (κ2) is 5.81. The summed E-state index contributed by atoms with van der Waals surface area (Å²) in [6, 6.07) is -1.94. The van der Waals surface area contributed by atoms with Crippen LogP contribution in [0.15, 0.2) is 0 Å². The van der Waals surface area contributed by atoms with Crippen LogP contribution in [-0.2, 0) is 14.4 Å². The molecule has 1 aliphatic rings. The number of hydrogen-bond acceptors (Lipinski definition) is 4. The summed E-state index contributed by atoms with van der Waals surface area (Å²) < 4.78 is 0. The van der Waals surface area contributed by atoms with E-state index in [1.54, 1.807) is 6.92 Å². The van der Waals surface area contributed by atoms with Crippen molar-refractivity contribution in [1.29, 1.82) is 0 Å². The Morgan fingerprint density at radius 2 is 1.94 bits per heavy atom. The topological polar surface area (TPSA) is 119 Å². The van der Waals surface area contributed by atoms with Crippen molar-refractivity contribution in [1.82, 2.24) is 10.2 Å². The van der Waals surface area contributed by atoms with Crippen molar-refractivity contribution < 1.29 is 14.4 Å². The van der Waals surface area contributed by atoms with Crippen LogP contribution in [0.4, 0.5) is 0 Å². The third kappa shape index (κ3) is 3.19. The first-order valence-electron chi connectivity index (χ1n) is 6.00. The average molecular weight is 256 g/mol. The standard InChI is InChI=1S/C11H20N4O3/c1-6(12)10(17)14-7(2)11(18)15-5-3-4-8(15)9(13)16/h6-8H,3-5,12H2,1-2H3,(H2,13,16)(H,14,17)/t6-,7-,8-/m0/s1. The summed E-state index contributed by atoms with van der Waals surface area (Å²) in [5.74, 6) is -1.21. The van der Waals surface area contributed by atoms with Gasteiger partial charge in [-0.1, -0.05) is 0 Å². The number of carbonyl (C=O) groups is 3. The zero-order valence-electron chi connectivity index (χ0n) is 10.7. The van der Waals surface area contributed by atoms with Crippen molar-refractivity contribution in [2.45, 2.75) is 44.8 Å². The third-order valence-electron chi connectivity index (χ3n) is 3.01. The lowest BCUT2D eigenvalue weighted by molar-refractivity contribution is -0.140. The molecule has 0 spiro atoms. The van der Waals surface area contributed by atoms with Crippen LogP contribution in [0, 0.1) is 0 Å². The van der Waals surface area contributed by atoms with Gasteiger partial charge in [0.15, 0.2) is 0 Å². The highest BCUT2D eigenvalue weighted by molar-refractivity contribution is 5.92. The second-order valence-corrected chi connectivity index (χ2v) is 4.61. The van der Waals surface area contributed by atoms with Gasteiger partial charge in [0, 0.05) is 6.54 Å². The molecule has 1 fully saturated rings. The number of amides is 3. The Labute approximate surface area is 106 Å². The van der Waals surface area contributed by atoms with Gasteiger partial charge in [-0.05, 0) is 26.7 Å². The van der Waals surface area contributed by atoms with Crippen LogP contribution in [0.5, 0.6) is 0 Å². The number of primary amides is 1. The van der Waals surface area contributed by atoms with E-state index in [0.717, 1.165) is 6.42 Å². The maximum Gasteiger partial charge on any atom is 0.245 e. The predicted molar refractivity (Wildman–Crippen MR) is 65.2 cm³/mol. The van der Waals surface area contributed by atoms with Crippen molar-refractivity contribution in [2.75, 3.05) is 6.54 Å². The Hall–Kier alpha value is -1.63. The molecule has 0 bridgehead atoms. The van der Waals surface area contributed by atoms with Gasteiger partial charge in [0.25, 0.3) is 0 Å². The molecule has 7 nitrogen and oxygen atoms in total. The minimum absolute atomic E-state index is 0.301. The fraction of sp³-hybridized carbons (Fsp3) is 0.727. The monoisotopic (exact) mass is 256 g/mol. The minimum Gasteiger partial charge on any atom is -0.368 e. The molecular weight excluding hydrogens is 236 g/mol. The zero-order valence-corrected chi connectivity index (χ0v) is 10.7. The normalized spacial score (nSPS) is 22.4. The Morgan fingerprint density at radius 3 is 2.44 bits per heavy atom. The van der Waals surface area contributed by atoms with E-state index < -0.39 is 29.9 Å². The zero-order chi connectivity index (χ0) is 13.9. The molecule has 102 valence electrons. The van der Waals surface area contributed by atoms with E-state index >= 15 is 0 Å². The minimum atomic E-state index is -0.705. The molecule has 0 aromatic heterocycles. The van der Waals surface area contributed by atoms with Crippen LogP contribution in [0.25, 0.3) is 0 Å². The molecule has 1 rings (SSSR count). The fourth-order valence-electron chi connectivity index (χ4n) is 1.98. The number of nitrogens with one attached hydrogen (secondary N) is 1. The van der Waals surface area contributed by atoms with Crippen molar-refractivity contribution in [2.24, 2.45) is 11.5 Å². The summed E-state index contributed by atoms with van der Waals surface area (Å²) in [6.45, 7) is 3.60. The van der Waals surface area contributed by atoms with Crippen molar-refractivity contribution in [3.05, 3.63) is 0 Å². The Bertz CT molecular complexity index is 356. The van der Waals surface area contributed by atoms with Gasteiger partial charge in [-0.3, -0.25) is 14.4 Å². The predicted octanol–water partition coefficient (Wildman–Crippen LogP) is -1.69. The first-order chi connectivity index (χ1) is 8.34. The number of likely N-dealkylation sites (tertiary alicyclic amines) is 1. The second-order valence-electron chi connectivity index (χ2n) is 4.61. The highest BCUT2D eigenvalue weighted by Gasteiger charge is 2.35. The Morgan fingerprint density at radius 1 is 1.33 bits per heavy atom. The summed E-state index contributed by atoms with van der Waals surface area (Å²) in [5.41, 5.74) is 10.6. The molecule has 0 radical (unpaired) electrons. The SMILES string of the molecule is C[C@H](N)C(=O)N[C@@H](C)C(=O)N1CCC[C@H]1C(N)=O. The van der Waals surface area contributed by atoms with Crippen LogP contribution in [-0.4, -0.2) is 47.3 Å². The number of hydrogen-bond donors (Lipinski definition) is 3. The molecule has 0 saturated carbocycles. The Balaban J connectivity index is 2.63. The molecule has 0 aromatic carbocycles. The molecule has 5 N–H and O–H groups in total. The lowest BCUT2D eigenvalue weighted by atomic mass is 10.2. The molecular formula is C11H20N4O3. The van der Waals surface area contributed by atoms with E-state index in [9.17, 15) is 14.4 Å². The van der Waals surface area contributed by atoms with Crippen molar-refractivity contribution >= 4 is 17.7 Å². The molecule has 0 aliphatic carbocycles. The number of rotatable bonds is 4. The van der Waals surface area contributed by atoms with E-state index in [4.69, 9.17) is 11.5 Å². The number of carbonyl (C=O) groups excluding carboxylic acids is 3. The van der Waals surface area contributed by atoms with E-state index in [0.29, 0.717) is 13.0 Å². The summed E-state index contributed by atoms with van der Waals surface area (Å²) in [6.07, 6.45) is 1.32. The smallest absolute Gasteiger partial charge is 0.245 e. The number of nitrogens with two attached hydrogens (primary N) is 2. The Kier molecular flexibility index (Phi) is 4.66. The maximum atomic E-state index is 12.1. The van der Waals surface area contributed by atoms with Gasteiger partial charge < -0.3 is 21.7 Å². The van der Waals surface area contributed by atoms with Crippen molar-refractivity contribution in [3.63, 3.8) is 0 Å². The first-order valence-corrected chi connectivity index (χ1v) is 6.00. The van der Waals surface area contributed by atoms with Crippen molar-refractivity contribution in [3.8, 4) is 0 Å². The van der Waals surface area contributed by atoms with E-state index in [2.05, 4.69) is 5.32 Å². The summed E-state index contributed by atoms with van der Waals surface area (Å²) in [5, 5.41) is 2.51. The van der Waals surface area contributed by atoms with Crippen LogP contribution in [0.1, 0.15) is 26.7 Å². The molecule has 1 aliphatic heterocycles. The van der Waals surface area contributed by atoms with Gasteiger partial charge in [-0.2, -0.15) is 0 Å². The van der Waals surface area contributed by atoms with Crippen LogP contribution >= 0.6 is 0 Å². The summed E-state index contributed by atoms with van der Waals surface area (Å²) in [4.78, 5) is 36.1. The molecule has 3 amide bonds. The van der Waals surface area contributed by atoms with Gasteiger partial charge in [-0.15, -0.1) is 0 Å². The molecule has 7 heteroatoms. The number of nitrogens with zero attached hydrogens (tertiary/aromatic N) is 1. The molecule has 0 unspecified atom stereocenters. The lowest BCUT2D eigenvalue weighted by Crippen LogP contribution is -2.53. The summed E-state index contributed by atoms with van der Waals surface area (Å²) in [7, 11) is 0. The highest BCUT2D eigenvalue weighted by atomic mass is 16.2. The summed E-state index contributed by atoms with van der Waals surface area (Å²) >= 11 is 0. The van der Waals surface area contributed by atoms with Gasteiger partial charge >= 0.3 is 0 Å². The lowest BCUT2D eigenvalue weighted by Gasteiger charge is -2.26. The third-order valence-corrected chi connectivity index (χ3v) is 3.01. The first kappa shape index (κ1) is 14.4. The molecule has 0 aromatic rings.